The Kier molecular flexibility index (Phi) is 5.62. The molecule has 2 aromatic rings. The number of aryl methyl sites for hydroxylation is 1. The second-order valence-corrected chi connectivity index (χ2v) is 7.55. The zero-order valence-electron chi connectivity index (χ0n) is 15.7. The normalized spacial score (nSPS) is 20.5. The summed E-state index contributed by atoms with van der Waals surface area (Å²) in [6.07, 6.45) is 8.28. The lowest BCUT2D eigenvalue weighted by molar-refractivity contribution is 0.0415. The van der Waals surface area contributed by atoms with Gasteiger partial charge in [0.1, 0.15) is 0 Å². The third-order valence-corrected chi connectivity index (χ3v) is 5.57. The first-order chi connectivity index (χ1) is 12.8. The topological polar surface area (TPSA) is 46.4 Å². The lowest BCUT2D eigenvalue weighted by Gasteiger charge is -2.37. The van der Waals surface area contributed by atoms with Crippen LogP contribution in [0, 0.1) is 5.92 Å². The van der Waals surface area contributed by atoms with Crippen molar-refractivity contribution in [2.45, 2.75) is 19.4 Å². The summed E-state index contributed by atoms with van der Waals surface area (Å²) in [5.74, 6) is 0.826. The smallest absolute Gasteiger partial charge is 0.0969 e. The van der Waals surface area contributed by atoms with E-state index in [1.165, 1.54) is 38.0 Å². The molecule has 2 saturated heterocycles. The Hall–Kier alpha value is -1.76. The number of nitrogens with zero attached hydrogens (tertiary/aromatic N) is 5. The molecule has 2 aliphatic heterocycles. The van der Waals surface area contributed by atoms with E-state index in [9.17, 15) is 0 Å². The molecule has 0 atom stereocenters. The third kappa shape index (κ3) is 4.31. The van der Waals surface area contributed by atoms with Crippen LogP contribution in [0.2, 0.25) is 0 Å². The van der Waals surface area contributed by atoms with Crippen molar-refractivity contribution in [3.8, 4) is 11.3 Å². The van der Waals surface area contributed by atoms with Gasteiger partial charge in [-0.1, -0.05) is 0 Å². The maximum Gasteiger partial charge on any atom is 0.0969 e. The van der Waals surface area contributed by atoms with E-state index in [0.717, 1.165) is 50.0 Å². The second kappa shape index (κ2) is 8.29. The van der Waals surface area contributed by atoms with Crippen molar-refractivity contribution in [1.82, 2.24) is 24.6 Å². The Balaban J connectivity index is 1.33. The zero-order chi connectivity index (χ0) is 17.8. The van der Waals surface area contributed by atoms with Crippen molar-refractivity contribution in [3.63, 3.8) is 0 Å². The Morgan fingerprint density at radius 2 is 1.73 bits per heavy atom. The Labute approximate surface area is 155 Å². The molecule has 0 N–H and O–H groups in total. The minimum absolute atomic E-state index is 0.826. The molecule has 26 heavy (non-hydrogen) atoms. The molecule has 0 saturated carbocycles. The molecule has 4 rings (SSSR count). The van der Waals surface area contributed by atoms with E-state index in [0.29, 0.717) is 0 Å². The molecule has 2 fully saturated rings. The minimum Gasteiger partial charge on any atom is -0.381 e. The molecule has 0 aromatic carbocycles. The second-order valence-electron chi connectivity index (χ2n) is 7.55. The fourth-order valence-corrected chi connectivity index (χ4v) is 4.07. The lowest BCUT2D eigenvalue weighted by Crippen LogP contribution is -2.47. The SMILES string of the molecule is Cn1cc(CN2CCN(CC3CCOCC3)CC2)c(-c2ccncc2)n1. The highest BCUT2D eigenvalue weighted by Gasteiger charge is 2.23. The summed E-state index contributed by atoms with van der Waals surface area (Å²) in [6.45, 7) is 8.71. The van der Waals surface area contributed by atoms with E-state index < -0.39 is 0 Å². The van der Waals surface area contributed by atoms with E-state index in [1.54, 1.807) is 0 Å². The highest BCUT2D eigenvalue weighted by Crippen LogP contribution is 2.23. The van der Waals surface area contributed by atoms with Gasteiger partial charge in [0.2, 0.25) is 0 Å². The Morgan fingerprint density at radius 3 is 2.46 bits per heavy atom. The molecular formula is C20H29N5O. The van der Waals surface area contributed by atoms with Gasteiger partial charge in [0.25, 0.3) is 0 Å². The first-order valence-corrected chi connectivity index (χ1v) is 9.73. The molecule has 0 bridgehead atoms. The van der Waals surface area contributed by atoms with Gasteiger partial charge in [-0.05, 0) is 30.9 Å². The molecule has 0 amide bonds. The number of hydrogen-bond acceptors (Lipinski definition) is 5. The van der Waals surface area contributed by atoms with E-state index in [2.05, 4.69) is 26.1 Å². The molecule has 140 valence electrons. The molecule has 6 nitrogen and oxygen atoms in total. The first kappa shape index (κ1) is 17.6. The third-order valence-electron chi connectivity index (χ3n) is 5.57. The van der Waals surface area contributed by atoms with Crippen LogP contribution in [0.25, 0.3) is 11.3 Å². The maximum absolute atomic E-state index is 5.48. The number of piperazine rings is 1. The van der Waals surface area contributed by atoms with E-state index in [-0.39, 0.29) is 0 Å². The van der Waals surface area contributed by atoms with Gasteiger partial charge in [0.05, 0.1) is 5.69 Å². The molecular weight excluding hydrogens is 326 g/mol. The largest absolute Gasteiger partial charge is 0.381 e. The van der Waals surface area contributed by atoms with E-state index >= 15 is 0 Å². The van der Waals surface area contributed by atoms with Crippen LogP contribution in [-0.2, 0) is 18.3 Å². The summed E-state index contributed by atoms with van der Waals surface area (Å²) >= 11 is 0. The number of aromatic nitrogens is 3. The first-order valence-electron chi connectivity index (χ1n) is 9.73. The van der Waals surface area contributed by atoms with E-state index in [4.69, 9.17) is 4.74 Å². The monoisotopic (exact) mass is 355 g/mol. The van der Waals surface area contributed by atoms with Crippen LogP contribution in [0.15, 0.2) is 30.7 Å². The summed E-state index contributed by atoms with van der Waals surface area (Å²) < 4.78 is 7.41. The highest BCUT2D eigenvalue weighted by molar-refractivity contribution is 5.61. The van der Waals surface area contributed by atoms with Gasteiger partial charge in [-0.2, -0.15) is 5.10 Å². The number of rotatable bonds is 5. The predicted octanol–water partition coefficient (Wildman–Crippen LogP) is 2.03. The van der Waals surface area contributed by atoms with Crippen LogP contribution in [-0.4, -0.2) is 70.5 Å². The summed E-state index contributed by atoms with van der Waals surface area (Å²) in [7, 11) is 2.00. The quantitative estimate of drug-likeness (QED) is 0.821. The highest BCUT2D eigenvalue weighted by atomic mass is 16.5. The van der Waals surface area contributed by atoms with Crippen LogP contribution in [0.3, 0.4) is 0 Å². The number of ether oxygens (including phenoxy) is 1. The molecule has 0 radical (unpaired) electrons. The van der Waals surface area contributed by atoms with Crippen molar-refractivity contribution >= 4 is 0 Å². The van der Waals surface area contributed by atoms with Gasteiger partial charge in [-0.15, -0.1) is 0 Å². The molecule has 0 spiro atoms. The zero-order valence-corrected chi connectivity index (χ0v) is 15.7. The molecule has 2 aliphatic rings. The maximum atomic E-state index is 5.48. The average molecular weight is 355 g/mol. The van der Waals surface area contributed by atoms with Crippen molar-refractivity contribution in [2.75, 3.05) is 45.9 Å². The van der Waals surface area contributed by atoms with E-state index in [1.807, 2.05) is 36.3 Å². The van der Waals surface area contributed by atoms with Crippen LogP contribution in [0.5, 0.6) is 0 Å². The van der Waals surface area contributed by atoms with Gasteiger partial charge in [0.15, 0.2) is 0 Å². The van der Waals surface area contributed by atoms with Crippen molar-refractivity contribution in [1.29, 1.82) is 0 Å². The lowest BCUT2D eigenvalue weighted by atomic mass is 9.99. The Morgan fingerprint density at radius 1 is 1.04 bits per heavy atom. The molecule has 6 heteroatoms. The predicted molar refractivity (Wildman–Crippen MR) is 102 cm³/mol. The van der Waals surface area contributed by atoms with Crippen molar-refractivity contribution in [2.24, 2.45) is 13.0 Å². The summed E-state index contributed by atoms with van der Waals surface area (Å²) in [6, 6.07) is 4.08. The summed E-state index contributed by atoms with van der Waals surface area (Å²) in [4.78, 5) is 9.32. The summed E-state index contributed by atoms with van der Waals surface area (Å²) in [5.41, 5.74) is 3.53. The number of hydrogen-bond donors (Lipinski definition) is 0. The summed E-state index contributed by atoms with van der Waals surface area (Å²) in [5, 5.41) is 4.68. The van der Waals surface area contributed by atoms with Gasteiger partial charge in [0, 0.05) is 89.2 Å². The molecule has 0 aliphatic carbocycles. The Bertz CT molecular complexity index is 687. The van der Waals surface area contributed by atoms with Crippen molar-refractivity contribution < 1.29 is 4.74 Å². The standard InChI is InChI=1S/C20H29N5O/c1-23-15-19(20(22-23)18-2-6-21-7-3-18)16-25-10-8-24(9-11-25)14-17-4-12-26-13-5-17/h2-3,6-7,15,17H,4-5,8-14,16H2,1H3. The van der Waals surface area contributed by atoms with Gasteiger partial charge >= 0.3 is 0 Å². The number of pyridine rings is 1. The molecule has 2 aromatic heterocycles. The minimum atomic E-state index is 0.826. The molecule has 4 heterocycles. The average Bonchev–Trinajstić information content (AvgIpc) is 3.05. The fourth-order valence-electron chi connectivity index (χ4n) is 4.07. The van der Waals surface area contributed by atoms with Crippen LogP contribution in [0.1, 0.15) is 18.4 Å². The molecule has 0 unspecified atom stereocenters. The van der Waals surface area contributed by atoms with Gasteiger partial charge in [-0.3, -0.25) is 14.6 Å². The van der Waals surface area contributed by atoms with Crippen LogP contribution < -0.4 is 0 Å². The van der Waals surface area contributed by atoms with Crippen LogP contribution >= 0.6 is 0 Å². The fraction of sp³-hybridized carbons (Fsp3) is 0.600. The van der Waals surface area contributed by atoms with Crippen molar-refractivity contribution in [3.05, 3.63) is 36.3 Å². The van der Waals surface area contributed by atoms with Gasteiger partial charge < -0.3 is 9.64 Å². The van der Waals surface area contributed by atoms with Gasteiger partial charge in [-0.25, -0.2) is 0 Å². The van der Waals surface area contributed by atoms with Crippen LogP contribution in [0.4, 0.5) is 0 Å².